The maximum atomic E-state index is 3.36. The van der Waals surface area contributed by atoms with Gasteiger partial charge in [-0.2, -0.15) is 5.01 Å². The first-order valence-electron chi connectivity index (χ1n) is 1.47. The van der Waals surface area contributed by atoms with Gasteiger partial charge in [0.05, 0.1) is 14.1 Å². The Morgan fingerprint density at radius 1 is 1.60 bits per heavy atom. The van der Waals surface area contributed by atoms with E-state index in [-0.39, 0.29) is 0 Å². The predicted molar refractivity (Wildman–Crippen MR) is 21.8 cm³/mol. The van der Waals surface area contributed by atoms with Crippen molar-refractivity contribution >= 4 is 6.72 Å². The van der Waals surface area contributed by atoms with Gasteiger partial charge in [0.1, 0.15) is 0 Å². The van der Waals surface area contributed by atoms with Gasteiger partial charge in [0.2, 0.25) is 0 Å². The van der Waals surface area contributed by atoms with Crippen molar-refractivity contribution in [1.29, 1.82) is 0 Å². The van der Waals surface area contributed by atoms with Crippen LogP contribution in [0, 0.1) is 0 Å². The third kappa shape index (κ3) is 3.47. The zero-order valence-corrected chi connectivity index (χ0v) is 3.65. The maximum absolute atomic E-state index is 3.36. The molecule has 0 atom stereocenters. The average Bonchev–Trinajstić information content (AvgIpc) is 1.38. The van der Waals surface area contributed by atoms with E-state index in [0.717, 1.165) is 0 Å². The molecular weight excluding hydrogens is 64.0 g/mol. The number of nitrogens with one attached hydrogen (secondary N) is 1. The van der Waals surface area contributed by atoms with E-state index >= 15 is 0 Å². The van der Waals surface area contributed by atoms with E-state index in [1.807, 2.05) is 14.1 Å². The van der Waals surface area contributed by atoms with Gasteiger partial charge in [-0.1, -0.05) is 0 Å². The summed E-state index contributed by atoms with van der Waals surface area (Å²) >= 11 is 0. The summed E-state index contributed by atoms with van der Waals surface area (Å²) in [6.45, 7) is 3.36. The zero-order valence-electron chi connectivity index (χ0n) is 3.65. The van der Waals surface area contributed by atoms with Gasteiger partial charge in [-0.25, -0.2) is 0 Å². The Morgan fingerprint density at radius 2 is 1.80 bits per heavy atom. The van der Waals surface area contributed by atoms with E-state index < -0.39 is 0 Å². The van der Waals surface area contributed by atoms with Crippen molar-refractivity contribution in [2.75, 3.05) is 14.1 Å². The van der Waals surface area contributed by atoms with Crippen molar-refractivity contribution in [2.24, 2.45) is 0 Å². The van der Waals surface area contributed by atoms with Crippen LogP contribution in [0.5, 0.6) is 0 Å². The monoisotopic (exact) mass is 73.1 g/mol. The standard InChI is InChI=1S/C3H8N2/c1-4-5(2)3/h1H2,2-3H3/p+1. The second kappa shape index (κ2) is 1.76. The fraction of sp³-hybridized carbons (Fsp3) is 0.667. The molecule has 0 saturated carbocycles. The van der Waals surface area contributed by atoms with E-state index in [4.69, 9.17) is 0 Å². The molecule has 0 fully saturated rings. The van der Waals surface area contributed by atoms with Crippen LogP contribution in [0.15, 0.2) is 0 Å². The zero-order chi connectivity index (χ0) is 4.28. The summed E-state index contributed by atoms with van der Waals surface area (Å²) < 4.78 is 0. The summed E-state index contributed by atoms with van der Waals surface area (Å²) in [4.78, 5) is 0. The van der Waals surface area contributed by atoms with Crippen LogP contribution in [-0.4, -0.2) is 25.8 Å². The van der Waals surface area contributed by atoms with Gasteiger partial charge in [-0.05, 0) is 0 Å². The summed E-state index contributed by atoms with van der Waals surface area (Å²) in [7, 11) is 3.76. The Hall–Kier alpha value is -0.530. The highest BCUT2D eigenvalue weighted by Gasteiger charge is 1.69. The fourth-order valence-corrected chi connectivity index (χ4v) is 0. The van der Waals surface area contributed by atoms with Crippen LogP contribution in [0.3, 0.4) is 0 Å². The quantitative estimate of drug-likeness (QED) is 0.287. The third-order valence-corrected chi connectivity index (χ3v) is 0.316. The lowest BCUT2D eigenvalue weighted by molar-refractivity contribution is -0.623. The molecule has 0 saturated heterocycles. The van der Waals surface area contributed by atoms with Crippen molar-refractivity contribution in [3.63, 3.8) is 0 Å². The van der Waals surface area contributed by atoms with Crippen LogP contribution in [0.4, 0.5) is 0 Å². The number of hydrazine groups is 1. The smallest absolute Gasteiger partial charge is 0.155 e. The van der Waals surface area contributed by atoms with Gasteiger partial charge in [0.15, 0.2) is 6.72 Å². The first-order chi connectivity index (χ1) is 2.27. The molecule has 0 bridgehead atoms. The molecule has 30 valence electrons. The first kappa shape index (κ1) is 4.47. The highest BCUT2D eigenvalue weighted by Crippen LogP contribution is 1.33. The van der Waals surface area contributed by atoms with Gasteiger partial charge in [-0.15, -0.1) is 5.10 Å². The molecular formula is C3H9N2+. The lowest BCUT2D eigenvalue weighted by Crippen LogP contribution is -2.76. The van der Waals surface area contributed by atoms with E-state index in [0.29, 0.717) is 0 Å². The molecule has 0 unspecified atom stereocenters. The molecule has 0 rings (SSSR count). The van der Waals surface area contributed by atoms with Crippen molar-refractivity contribution in [2.45, 2.75) is 0 Å². The molecule has 0 aromatic heterocycles. The summed E-state index contributed by atoms with van der Waals surface area (Å²) in [5.41, 5.74) is 0. The van der Waals surface area contributed by atoms with Crippen LogP contribution < -0.4 is 5.10 Å². The van der Waals surface area contributed by atoms with Crippen LogP contribution >= 0.6 is 0 Å². The molecule has 0 heterocycles. The Bertz CT molecular complexity index is 31.9. The lowest BCUT2D eigenvalue weighted by atomic mass is 11.2. The molecule has 2 heteroatoms. The minimum atomic E-state index is 1.76. The van der Waals surface area contributed by atoms with Crippen molar-refractivity contribution in [3.8, 4) is 0 Å². The molecule has 2 nitrogen and oxygen atoms in total. The summed E-state index contributed by atoms with van der Waals surface area (Å²) in [6.07, 6.45) is 0. The maximum Gasteiger partial charge on any atom is 0.155 e. The molecule has 1 N–H and O–H groups in total. The molecule has 0 radical (unpaired) electrons. The molecule has 0 aliphatic rings. The Balaban J connectivity index is 2.83. The number of hydrogen-bond donors (Lipinski definition) is 1. The Kier molecular flexibility index (Phi) is 1.57. The van der Waals surface area contributed by atoms with Gasteiger partial charge >= 0.3 is 0 Å². The highest BCUT2D eigenvalue weighted by atomic mass is 15.4. The topological polar surface area (TPSA) is 17.2 Å². The average molecular weight is 73.1 g/mol. The fourth-order valence-electron chi connectivity index (χ4n) is 0. The van der Waals surface area contributed by atoms with Gasteiger partial charge in [0, 0.05) is 0 Å². The molecule has 0 aliphatic carbocycles. The molecule has 0 aromatic carbocycles. The number of nitrogens with zero attached hydrogens (tertiary/aromatic N) is 1. The van der Waals surface area contributed by atoms with Gasteiger partial charge in [-0.3, -0.25) is 0 Å². The second-order valence-corrected chi connectivity index (χ2v) is 1.05. The third-order valence-electron chi connectivity index (χ3n) is 0.316. The normalized spacial score (nSPS) is 6.80. The van der Waals surface area contributed by atoms with Gasteiger partial charge in [0.25, 0.3) is 0 Å². The number of hydrazone groups is 1. The molecule has 0 aromatic rings. The van der Waals surface area contributed by atoms with E-state index in [1.54, 1.807) is 5.01 Å². The molecule has 0 aliphatic heterocycles. The summed E-state index contributed by atoms with van der Waals surface area (Å²) in [5, 5.41) is 4.38. The van der Waals surface area contributed by atoms with Crippen molar-refractivity contribution in [1.82, 2.24) is 5.01 Å². The predicted octanol–water partition coefficient (Wildman–Crippen LogP) is -1.76. The summed E-state index contributed by atoms with van der Waals surface area (Å²) in [5.74, 6) is 0. The SMILES string of the molecule is C=[NH+]N(C)C. The van der Waals surface area contributed by atoms with Crippen LogP contribution in [0.2, 0.25) is 0 Å². The van der Waals surface area contributed by atoms with Gasteiger partial charge < -0.3 is 0 Å². The van der Waals surface area contributed by atoms with Crippen molar-refractivity contribution in [3.05, 3.63) is 0 Å². The number of rotatable bonds is 1. The minimum Gasteiger partial charge on any atom is -0.195 e. The molecule has 0 amide bonds. The minimum absolute atomic E-state index is 1.76. The molecule has 5 heavy (non-hydrogen) atoms. The summed E-state index contributed by atoms with van der Waals surface area (Å²) in [6, 6.07) is 0. The second-order valence-electron chi connectivity index (χ2n) is 1.05. The Morgan fingerprint density at radius 3 is 1.80 bits per heavy atom. The number of hydrogen-bond acceptors (Lipinski definition) is 1. The highest BCUT2D eigenvalue weighted by molar-refractivity contribution is 5.11. The van der Waals surface area contributed by atoms with Crippen LogP contribution in [0.1, 0.15) is 0 Å². The molecule has 0 spiro atoms. The van der Waals surface area contributed by atoms with E-state index in [1.165, 1.54) is 0 Å². The van der Waals surface area contributed by atoms with Crippen LogP contribution in [-0.2, 0) is 0 Å². The first-order valence-corrected chi connectivity index (χ1v) is 1.47. The van der Waals surface area contributed by atoms with E-state index in [2.05, 4.69) is 11.8 Å². The Labute approximate surface area is 32.1 Å². The van der Waals surface area contributed by atoms with Crippen molar-refractivity contribution < 1.29 is 5.10 Å². The van der Waals surface area contributed by atoms with Crippen LogP contribution in [0.25, 0.3) is 0 Å². The lowest BCUT2D eigenvalue weighted by Gasteiger charge is -1.89. The largest absolute Gasteiger partial charge is 0.195 e. The van der Waals surface area contributed by atoms with E-state index in [9.17, 15) is 0 Å².